The molecule has 0 amide bonds. The number of hydrogen-bond acceptors (Lipinski definition) is 1. The van der Waals surface area contributed by atoms with E-state index in [0.29, 0.717) is 31.2 Å². The summed E-state index contributed by atoms with van der Waals surface area (Å²) in [5.41, 5.74) is 5.22. The van der Waals surface area contributed by atoms with E-state index < -0.39 is 18.6 Å². The van der Waals surface area contributed by atoms with Crippen LogP contribution in [0.15, 0.2) is 97.2 Å². The Morgan fingerprint density at radius 3 is 1.90 bits per heavy atom. The predicted octanol–water partition coefficient (Wildman–Crippen LogP) is 8.17. The van der Waals surface area contributed by atoms with E-state index in [0.717, 1.165) is 27.9 Å². The van der Waals surface area contributed by atoms with Crippen molar-refractivity contribution < 1.29 is 6.85 Å². The molecule has 0 N–H and O–H groups in total. The number of aromatic nitrogens is 1. The normalized spacial score (nSPS) is 26.1. The van der Waals surface area contributed by atoms with E-state index in [1.165, 1.54) is 6.20 Å². The second kappa shape index (κ2) is 8.89. The molecular formula is C30H29N. The number of aryl methyl sites for hydroxylation is 1. The molecule has 1 nitrogen and oxygen atoms in total. The van der Waals surface area contributed by atoms with Crippen LogP contribution in [0.4, 0.5) is 0 Å². The van der Waals surface area contributed by atoms with Crippen molar-refractivity contribution in [3.63, 3.8) is 0 Å². The van der Waals surface area contributed by atoms with Crippen LogP contribution in [0.3, 0.4) is 0 Å². The van der Waals surface area contributed by atoms with Crippen molar-refractivity contribution in [3.05, 3.63) is 114 Å². The molecule has 0 unspecified atom stereocenters. The summed E-state index contributed by atoms with van der Waals surface area (Å²) in [6.07, 6.45) is 3.95. The summed E-state index contributed by atoms with van der Waals surface area (Å²) in [7, 11) is 0. The highest BCUT2D eigenvalue weighted by Gasteiger charge is 2.23. The largest absolute Gasteiger partial charge is 0.256 e. The molecule has 0 spiro atoms. The SMILES string of the molecule is [2H]C([2H])([2H])c1cnc(-c2ccccc2)cc1-c1ccc(C2([2H])CCC([2H])(c3ccccc3)CC2)cc1. The lowest BCUT2D eigenvalue weighted by molar-refractivity contribution is 0.396. The van der Waals surface area contributed by atoms with Gasteiger partial charge in [-0.1, -0.05) is 84.9 Å². The van der Waals surface area contributed by atoms with Gasteiger partial charge >= 0.3 is 0 Å². The summed E-state index contributed by atoms with van der Waals surface area (Å²) in [6, 6.07) is 29.3. The molecule has 0 atom stereocenters. The lowest BCUT2D eigenvalue weighted by atomic mass is 9.76. The van der Waals surface area contributed by atoms with Crippen LogP contribution in [-0.2, 0) is 0 Å². The van der Waals surface area contributed by atoms with Gasteiger partial charge in [0, 0.05) is 18.6 Å². The van der Waals surface area contributed by atoms with Crippen LogP contribution in [0.1, 0.15) is 61.0 Å². The fourth-order valence-corrected chi connectivity index (χ4v) is 4.45. The van der Waals surface area contributed by atoms with Crippen molar-refractivity contribution in [1.82, 2.24) is 4.98 Å². The first-order valence-electron chi connectivity index (χ1n) is 13.4. The van der Waals surface area contributed by atoms with E-state index >= 15 is 0 Å². The molecule has 1 aromatic heterocycles. The molecule has 0 aliphatic heterocycles. The molecule has 0 radical (unpaired) electrons. The molecule has 4 aromatic rings. The molecule has 0 saturated heterocycles. The highest BCUT2D eigenvalue weighted by atomic mass is 14.7. The van der Waals surface area contributed by atoms with Crippen LogP contribution in [0.5, 0.6) is 0 Å². The molecule has 154 valence electrons. The first-order chi connectivity index (χ1) is 17.2. The fraction of sp³-hybridized carbons (Fsp3) is 0.233. The maximum absolute atomic E-state index is 9.18. The number of rotatable bonds is 4. The second-order valence-electron chi connectivity index (χ2n) is 8.13. The molecule has 1 heterocycles. The molecule has 0 bridgehead atoms. The minimum atomic E-state index is -2.29. The van der Waals surface area contributed by atoms with Crippen LogP contribution in [0.25, 0.3) is 22.4 Å². The minimum absolute atomic E-state index is 0.218. The van der Waals surface area contributed by atoms with Crippen molar-refractivity contribution in [1.29, 1.82) is 0 Å². The molecular weight excluding hydrogens is 374 g/mol. The Hall–Kier alpha value is -3.19. The maximum Gasteiger partial charge on any atom is 0.0708 e. The van der Waals surface area contributed by atoms with Gasteiger partial charge < -0.3 is 0 Å². The van der Waals surface area contributed by atoms with E-state index in [1.54, 1.807) is 0 Å². The average Bonchev–Trinajstić information content (AvgIpc) is 2.91. The zero-order chi connectivity index (χ0) is 25.4. The molecule has 31 heavy (non-hydrogen) atoms. The Balaban J connectivity index is 1.43. The summed E-state index contributed by atoms with van der Waals surface area (Å²) in [5.74, 6) is -1.40. The summed E-state index contributed by atoms with van der Waals surface area (Å²) in [4.78, 5) is 4.43. The summed E-state index contributed by atoms with van der Waals surface area (Å²) in [6.45, 7) is -2.29. The highest BCUT2D eigenvalue weighted by Crippen LogP contribution is 2.41. The molecule has 1 aliphatic carbocycles. The third-order valence-electron chi connectivity index (χ3n) is 6.22. The quantitative estimate of drug-likeness (QED) is 0.332. The summed E-state index contributed by atoms with van der Waals surface area (Å²) < 4.78 is 42.2. The molecule has 1 saturated carbocycles. The van der Waals surface area contributed by atoms with E-state index in [4.69, 9.17) is 5.48 Å². The lowest BCUT2D eigenvalue weighted by Crippen LogP contribution is -2.12. The fourth-order valence-electron chi connectivity index (χ4n) is 4.45. The Bertz CT molecular complexity index is 1320. The zero-order valence-electron chi connectivity index (χ0n) is 22.5. The van der Waals surface area contributed by atoms with Crippen molar-refractivity contribution in [2.24, 2.45) is 0 Å². The Morgan fingerprint density at radius 1 is 0.710 bits per heavy atom. The van der Waals surface area contributed by atoms with E-state index in [-0.39, 0.29) is 5.56 Å². The third-order valence-corrected chi connectivity index (χ3v) is 6.22. The predicted molar refractivity (Wildman–Crippen MR) is 130 cm³/mol. The van der Waals surface area contributed by atoms with Crippen molar-refractivity contribution in [2.45, 2.75) is 44.3 Å². The van der Waals surface area contributed by atoms with Crippen LogP contribution in [-0.4, -0.2) is 4.98 Å². The van der Waals surface area contributed by atoms with E-state index in [2.05, 4.69) is 4.98 Å². The van der Waals surface area contributed by atoms with Crippen LogP contribution < -0.4 is 0 Å². The van der Waals surface area contributed by atoms with Gasteiger partial charge in [0.25, 0.3) is 0 Å². The molecule has 3 aromatic carbocycles. The van der Waals surface area contributed by atoms with Gasteiger partial charge in [-0.2, -0.15) is 0 Å². The monoisotopic (exact) mass is 408 g/mol. The van der Waals surface area contributed by atoms with Gasteiger partial charge in [0.2, 0.25) is 0 Å². The van der Waals surface area contributed by atoms with Crippen molar-refractivity contribution in [3.8, 4) is 22.4 Å². The smallest absolute Gasteiger partial charge is 0.0708 e. The molecule has 1 aliphatic rings. The van der Waals surface area contributed by atoms with Gasteiger partial charge in [-0.15, -0.1) is 0 Å². The van der Waals surface area contributed by atoms with Crippen LogP contribution >= 0.6 is 0 Å². The van der Waals surface area contributed by atoms with Crippen molar-refractivity contribution in [2.75, 3.05) is 0 Å². The van der Waals surface area contributed by atoms with E-state index in [1.807, 2.05) is 91.0 Å². The second-order valence-corrected chi connectivity index (χ2v) is 8.13. The third kappa shape index (κ3) is 4.32. The number of hydrogen-bond donors (Lipinski definition) is 0. The standard InChI is InChI=1S/C30H29N/c1-22-21-31-30(28-10-6-3-7-11-28)20-29(22)27-18-16-26(17-19-27)25-14-12-24(13-15-25)23-8-4-2-5-9-23/h2-11,16-21,24-25H,12-15H2,1H3/i1D3,24D,25D. The van der Waals surface area contributed by atoms with Gasteiger partial charge in [-0.25, -0.2) is 0 Å². The van der Waals surface area contributed by atoms with E-state index in [9.17, 15) is 1.37 Å². The highest BCUT2D eigenvalue weighted by molar-refractivity contribution is 5.73. The lowest BCUT2D eigenvalue weighted by Gasteiger charge is -2.29. The first kappa shape index (κ1) is 14.8. The first-order valence-corrected chi connectivity index (χ1v) is 10.9. The minimum Gasteiger partial charge on any atom is -0.256 e. The van der Waals surface area contributed by atoms with Gasteiger partial charge in [-0.05, 0) is 78.2 Å². The number of pyridine rings is 1. The maximum atomic E-state index is 9.18. The summed E-state index contributed by atoms with van der Waals surface area (Å²) in [5, 5.41) is 0. The molecule has 1 fully saturated rings. The van der Waals surface area contributed by atoms with Gasteiger partial charge in [-0.3, -0.25) is 4.98 Å². The molecule has 5 rings (SSSR count). The molecule has 1 heteroatoms. The van der Waals surface area contributed by atoms with Gasteiger partial charge in [0.05, 0.1) is 5.69 Å². The van der Waals surface area contributed by atoms with Crippen LogP contribution in [0, 0.1) is 6.85 Å². The Morgan fingerprint density at radius 2 is 1.29 bits per heavy atom. The Kier molecular flexibility index (Phi) is 4.23. The number of nitrogens with zero attached hydrogens (tertiary/aromatic N) is 1. The summed E-state index contributed by atoms with van der Waals surface area (Å²) >= 11 is 0. The van der Waals surface area contributed by atoms with Gasteiger partial charge in [0.1, 0.15) is 0 Å². The zero-order valence-corrected chi connectivity index (χ0v) is 17.5. The number of benzene rings is 3. The topological polar surface area (TPSA) is 12.9 Å². The average molecular weight is 409 g/mol. The van der Waals surface area contributed by atoms with Gasteiger partial charge in [0.15, 0.2) is 0 Å². The Labute approximate surface area is 192 Å². The van der Waals surface area contributed by atoms with Crippen LogP contribution in [0.2, 0.25) is 0 Å². The van der Waals surface area contributed by atoms with Crippen molar-refractivity contribution >= 4 is 0 Å².